The first-order valence-corrected chi connectivity index (χ1v) is 24.7. The summed E-state index contributed by atoms with van der Waals surface area (Å²) < 4.78 is 107. The number of aromatic nitrogens is 8. The summed E-state index contributed by atoms with van der Waals surface area (Å²) in [5.74, 6) is -0.0328. The number of halogens is 4. The quantitative estimate of drug-likeness (QED) is 0.140. The van der Waals surface area contributed by atoms with Crippen LogP contribution in [-0.2, 0) is 53.3 Å². The van der Waals surface area contributed by atoms with Gasteiger partial charge < -0.3 is 9.97 Å². The van der Waals surface area contributed by atoms with Crippen molar-refractivity contribution in [3.8, 4) is 45.6 Å². The molecule has 0 saturated carbocycles. The topological polar surface area (TPSA) is 245 Å². The Labute approximate surface area is 348 Å². The second-order valence-electron chi connectivity index (χ2n) is 12.1. The van der Waals surface area contributed by atoms with Crippen molar-refractivity contribution < 1.29 is 50.7 Å². The van der Waals surface area contributed by atoms with Gasteiger partial charge in [0, 0.05) is 92.8 Å². The van der Waals surface area contributed by atoms with Crippen LogP contribution in [0.2, 0.25) is 0 Å². The summed E-state index contributed by atoms with van der Waals surface area (Å²) in [5, 5.41) is -0.436. The Kier molecular flexibility index (Phi) is 9.28. The van der Waals surface area contributed by atoms with Gasteiger partial charge in [0.1, 0.15) is 42.2 Å². The summed E-state index contributed by atoms with van der Waals surface area (Å²) in [7, 11) is 1.17. The molecule has 1 radical (unpaired) electrons. The Morgan fingerprint density at radius 3 is 0.930 bits per heavy atom. The van der Waals surface area contributed by atoms with Crippen LogP contribution in [0.15, 0.2) is 92.4 Å². The van der Waals surface area contributed by atoms with E-state index in [4.69, 9.17) is 52.7 Å². The number of nitrogens with zero attached hydrogens (tertiary/aromatic N) is 6. The Bertz CT molecular complexity index is 3390. The first-order valence-electron chi connectivity index (χ1n) is 15.4. The van der Waals surface area contributed by atoms with Gasteiger partial charge in [-0.25, -0.2) is 63.6 Å². The van der Waals surface area contributed by atoms with Gasteiger partial charge in [0.25, 0.3) is 36.2 Å². The fourth-order valence-electron chi connectivity index (χ4n) is 6.70. The molecule has 2 aliphatic rings. The molecule has 57 heavy (non-hydrogen) atoms. The molecule has 5 heterocycles. The predicted molar refractivity (Wildman–Crippen MR) is 208 cm³/mol. The summed E-state index contributed by atoms with van der Waals surface area (Å²) in [6.07, 6.45) is 0. The maximum atomic E-state index is 13.5. The normalized spacial score (nSPS) is 13.0. The molecule has 0 atom stereocenters. The van der Waals surface area contributed by atoms with E-state index in [0.29, 0.717) is 44.3 Å². The molecule has 25 heteroatoms. The standard InChI is InChI=1S/C32H14Cl4N8O8S4.Cu/c33-53(45,46)21-19-20(22(54(34,47)48)24(56(36,51)52)23(21)55(35,49)50)32-43-30-18-12-6-4-10-16(18)28(41-30)39-26-14-8-2-1-7-13(14)25(37-26)38-27-15-9-3-5-11-17(15)29(40-27)42-31(19)44-32;/h1-12H,(H2,37,38,39,40,41,42,43,44);. The largest absolute Gasteiger partial charge is 0.324 e. The minimum atomic E-state index is -5.56. The SMILES string of the molecule is O=S(=O)(Cl)c1c(S(=O)(=O)Cl)c(S(=O)(=O)Cl)c2c3nc4nc(nc5[nH]c(nc6nc(nc([nH]3)c2c1S(=O)(=O)Cl)-c1ccccc1-6)c1ccccc51)-c1ccccc1-4.[Cu]. The molecule has 7 aromatic rings. The average Bonchev–Trinajstić information content (AvgIpc) is 3.84. The maximum absolute atomic E-state index is 13.5. The molecule has 8 bridgehead atoms. The Morgan fingerprint density at radius 2 is 0.632 bits per heavy atom. The molecule has 0 spiro atoms. The van der Waals surface area contributed by atoms with E-state index in [0.717, 1.165) is 0 Å². The summed E-state index contributed by atoms with van der Waals surface area (Å²) in [4.78, 5) is 27.3. The fraction of sp³-hybridized carbons (Fsp3) is 0. The molecule has 4 aromatic carbocycles. The van der Waals surface area contributed by atoms with Gasteiger partial charge in [-0.1, -0.05) is 72.8 Å². The minimum Gasteiger partial charge on any atom is -0.324 e. The number of fused-ring (bicyclic) bond motifs is 20. The van der Waals surface area contributed by atoms with Crippen LogP contribution < -0.4 is 0 Å². The third-order valence-corrected chi connectivity index (χ3v) is 14.6. The molecule has 3 aromatic heterocycles. The molecular formula is C32H14Cl4CuN8O8S4. The zero-order valence-electron chi connectivity index (χ0n) is 27.3. The minimum absolute atomic E-state index is 0. The first-order chi connectivity index (χ1) is 26.3. The van der Waals surface area contributed by atoms with Crippen molar-refractivity contribution >= 4 is 123 Å². The predicted octanol–water partition coefficient (Wildman–Crippen LogP) is 6.58. The summed E-state index contributed by atoms with van der Waals surface area (Å²) in [6.45, 7) is 0. The number of nitrogens with one attached hydrogen (secondary N) is 2. The molecule has 0 unspecified atom stereocenters. The number of benzene rings is 4. The maximum Gasteiger partial charge on any atom is 0.264 e. The Balaban J connectivity index is 0.00000455. The van der Waals surface area contributed by atoms with Gasteiger partial charge >= 0.3 is 0 Å². The van der Waals surface area contributed by atoms with Gasteiger partial charge in [-0.15, -0.1) is 0 Å². The van der Waals surface area contributed by atoms with Gasteiger partial charge in [-0.3, -0.25) is 0 Å². The molecule has 2 N–H and O–H groups in total. The van der Waals surface area contributed by atoms with Crippen LogP contribution in [-0.4, -0.2) is 73.5 Å². The number of rotatable bonds is 4. The van der Waals surface area contributed by atoms with Crippen molar-refractivity contribution in [2.45, 2.75) is 19.6 Å². The fourth-order valence-corrected chi connectivity index (χ4v) is 14.3. The molecule has 2 aliphatic heterocycles. The summed E-state index contributed by atoms with van der Waals surface area (Å²) in [6, 6.07) is 20.6. The average molecular weight is 972 g/mol. The van der Waals surface area contributed by atoms with Crippen LogP contribution in [0.3, 0.4) is 0 Å². The van der Waals surface area contributed by atoms with Gasteiger partial charge in [0.15, 0.2) is 23.3 Å². The third kappa shape index (κ3) is 6.46. The van der Waals surface area contributed by atoms with E-state index in [2.05, 4.69) is 29.9 Å². The van der Waals surface area contributed by atoms with Crippen molar-refractivity contribution in [3.05, 3.63) is 72.8 Å². The second-order valence-corrected chi connectivity index (χ2v) is 22.1. The van der Waals surface area contributed by atoms with Crippen molar-refractivity contribution in [2.75, 3.05) is 0 Å². The van der Waals surface area contributed by atoms with Gasteiger partial charge in [0.2, 0.25) is 0 Å². The van der Waals surface area contributed by atoms with Crippen molar-refractivity contribution in [1.82, 2.24) is 39.9 Å². The van der Waals surface area contributed by atoms with Gasteiger partial charge in [0.05, 0.1) is 10.8 Å². The molecular weight excluding hydrogens is 958 g/mol. The number of aromatic amines is 2. The van der Waals surface area contributed by atoms with E-state index in [9.17, 15) is 33.7 Å². The number of hydrogen-bond donors (Lipinski definition) is 2. The van der Waals surface area contributed by atoms with E-state index >= 15 is 0 Å². The van der Waals surface area contributed by atoms with Crippen molar-refractivity contribution in [1.29, 1.82) is 0 Å². The van der Waals surface area contributed by atoms with Crippen molar-refractivity contribution in [2.24, 2.45) is 0 Å². The van der Waals surface area contributed by atoms with E-state index in [1.54, 1.807) is 48.5 Å². The van der Waals surface area contributed by atoms with E-state index in [-0.39, 0.29) is 40.4 Å². The third-order valence-electron chi connectivity index (χ3n) is 8.79. The molecule has 0 saturated heterocycles. The number of H-pyrrole nitrogens is 2. The zero-order chi connectivity index (χ0) is 39.7. The molecule has 16 nitrogen and oxygen atoms in total. The Hall–Kier alpha value is -4.28. The van der Waals surface area contributed by atoms with Crippen LogP contribution in [0.4, 0.5) is 0 Å². The smallest absolute Gasteiger partial charge is 0.264 e. The van der Waals surface area contributed by atoms with Crippen LogP contribution in [0.5, 0.6) is 0 Å². The molecule has 0 aliphatic carbocycles. The molecule has 9 rings (SSSR count). The van der Waals surface area contributed by atoms with E-state index in [1.165, 1.54) is 0 Å². The zero-order valence-corrected chi connectivity index (χ0v) is 34.6. The molecule has 293 valence electrons. The van der Waals surface area contributed by atoms with Crippen LogP contribution in [0.1, 0.15) is 0 Å². The molecule has 0 fully saturated rings. The van der Waals surface area contributed by atoms with E-state index < -0.39 is 77.9 Å². The second kappa shape index (κ2) is 13.4. The Morgan fingerprint density at radius 1 is 0.368 bits per heavy atom. The van der Waals surface area contributed by atoms with Crippen LogP contribution in [0.25, 0.3) is 89.7 Å². The van der Waals surface area contributed by atoms with Crippen LogP contribution in [0, 0.1) is 0 Å². The van der Waals surface area contributed by atoms with Crippen molar-refractivity contribution in [3.63, 3.8) is 0 Å². The number of hydrogen-bond acceptors (Lipinski definition) is 14. The van der Waals surface area contributed by atoms with Gasteiger partial charge in [-0.05, 0) is 0 Å². The monoisotopic (exact) mass is 969 g/mol. The molecule has 0 amide bonds. The van der Waals surface area contributed by atoms with E-state index in [1.807, 2.05) is 24.3 Å². The summed E-state index contributed by atoms with van der Waals surface area (Å²) >= 11 is 0. The van der Waals surface area contributed by atoms with Crippen LogP contribution >= 0.6 is 42.7 Å². The summed E-state index contributed by atoms with van der Waals surface area (Å²) in [5.41, 5.74) is 1.07. The van der Waals surface area contributed by atoms with Gasteiger partial charge in [-0.2, -0.15) is 0 Å². The first kappa shape index (κ1) is 39.5.